The summed E-state index contributed by atoms with van der Waals surface area (Å²) in [6.07, 6.45) is -4.55. The molecule has 1 aromatic carbocycles. The third-order valence-electron chi connectivity index (χ3n) is 2.68. The second-order valence-corrected chi connectivity index (χ2v) is 3.99. The second-order valence-electron chi connectivity index (χ2n) is 3.99. The lowest BCUT2D eigenvalue weighted by Gasteiger charge is -2.39. The fourth-order valence-corrected chi connectivity index (χ4v) is 1.64. The summed E-state index contributed by atoms with van der Waals surface area (Å²) in [5, 5.41) is 2.85. The Labute approximate surface area is 89.4 Å². The Morgan fingerprint density at radius 3 is 2.25 bits per heavy atom. The van der Waals surface area contributed by atoms with Crippen LogP contribution in [0.15, 0.2) is 18.2 Å². The van der Waals surface area contributed by atoms with Crippen LogP contribution >= 0.6 is 0 Å². The van der Waals surface area contributed by atoms with Gasteiger partial charge in [0, 0.05) is 13.1 Å². The highest BCUT2D eigenvalue weighted by Crippen LogP contribution is 2.33. The predicted octanol–water partition coefficient (Wildman–Crippen LogP) is 1.60. The molecule has 2 nitrogen and oxygen atoms in total. The molecule has 0 saturated carbocycles. The van der Waals surface area contributed by atoms with E-state index in [1.54, 1.807) is 0 Å². The first kappa shape index (κ1) is 11.3. The largest absolute Gasteiger partial charge is 0.416 e. The van der Waals surface area contributed by atoms with Crippen molar-refractivity contribution in [2.45, 2.75) is 11.7 Å². The first-order valence-corrected chi connectivity index (χ1v) is 4.69. The maximum atomic E-state index is 13.1. The molecule has 88 valence electrons. The highest BCUT2D eigenvalue weighted by molar-refractivity contribution is 5.34. The van der Waals surface area contributed by atoms with Crippen LogP contribution in [0.3, 0.4) is 0 Å². The average molecular weight is 234 g/mol. The molecule has 0 radical (unpaired) electrons. The fraction of sp³-hybridized carbons (Fsp3) is 0.400. The molecule has 0 unspecified atom stereocenters. The van der Waals surface area contributed by atoms with Crippen molar-refractivity contribution in [3.63, 3.8) is 0 Å². The van der Waals surface area contributed by atoms with Crippen LogP contribution in [0.2, 0.25) is 0 Å². The van der Waals surface area contributed by atoms with Crippen molar-refractivity contribution in [1.29, 1.82) is 0 Å². The molecule has 1 aliphatic rings. The van der Waals surface area contributed by atoms with Crippen molar-refractivity contribution in [2.75, 3.05) is 13.1 Å². The van der Waals surface area contributed by atoms with Gasteiger partial charge in [-0.2, -0.15) is 13.2 Å². The average Bonchev–Trinajstić information content (AvgIpc) is 2.11. The van der Waals surface area contributed by atoms with E-state index in [2.05, 4.69) is 5.32 Å². The van der Waals surface area contributed by atoms with Gasteiger partial charge < -0.3 is 11.1 Å². The van der Waals surface area contributed by atoms with Crippen molar-refractivity contribution >= 4 is 0 Å². The van der Waals surface area contributed by atoms with Crippen LogP contribution in [-0.2, 0) is 11.7 Å². The molecule has 0 aliphatic carbocycles. The molecule has 1 fully saturated rings. The van der Waals surface area contributed by atoms with E-state index in [1.807, 2.05) is 0 Å². The lowest BCUT2D eigenvalue weighted by atomic mass is 9.84. The number of nitrogens with one attached hydrogen (secondary N) is 1. The standard InChI is InChI=1S/C10H10F4N2/c11-8-2-6(9(15)4-16-5-9)1-7(3-8)10(12,13)14/h1-3,16H,4-5,15H2. The zero-order valence-corrected chi connectivity index (χ0v) is 8.24. The van der Waals surface area contributed by atoms with Crippen LogP contribution in [0.1, 0.15) is 11.1 Å². The van der Waals surface area contributed by atoms with Gasteiger partial charge in [-0.15, -0.1) is 0 Å². The number of benzene rings is 1. The van der Waals surface area contributed by atoms with Gasteiger partial charge in [0.25, 0.3) is 0 Å². The van der Waals surface area contributed by atoms with Gasteiger partial charge in [-0.25, -0.2) is 4.39 Å². The molecule has 1 aromatic rings. The smallest absolute Gasteiger partial charge is 0.319 e. The number of hydrogen-bond donors (Lipinski definition) is 2. The van der Waals surface area contributed by atoms with Gasteiger partial charge in [0.15, 0.2) is 0 Å². The Bertz CT molecular complexity index is 410. The minimum atomic E-state index is -4.55. The van der Waals surface area contributed by atoms with Crippen molar-refractivity contribution < 1.29 is 17.6 Å². The number of rotatable bonds is 1. The number of nitrogens with two attached hydrogens (primary N) is 1. The predicted molar refractivity (Wildman–Crippen MR) is 50.1 cm³/mol. The maximum Gasteiger partial charge on any atom is 0.416 e. The molecule has 0 amide bonds. The Morgan fingerprint density at radius 2 is 1.81 bits per heavy atom. The molecule has 1 saturated heterocycles. The second kappa shape index (κ2) is 3.43. The Morgan fingerprint density at radius 1 is 1.19 bits per heavy atom. The van der Waals surface area contributed by atoms with Crippen molar-refractivity contribution in [2.24, 2.45) is 5.73 Å². The van der Waals surface area contributed by atoms with Gasteiger partial charge in [0.05, 0.1) is 11.1 Å². The van der Waals surface area contributed by atoms with E-state index < -0.39 is 23.1 Å². The summed E-state index contributed by atoms with van der Waals surface area (Å²) in [6, 6.07) is 2.43. The normalized spacial score (nSPS) is 19.3. The zero-order chi connectivity index (χ0) is 12.0. The lowest BCUT2D eigenvalue weighted by Crippen LogP contribution is -2.62. The van der Waals surface area contributed by atoms with Gasteiger partial charge in [0.1, 0.15) is 5.82 Å². The van der Waals surface area contributed by atoms with Crippen molar-refractivity contribution in [1.82, 2.24) is 5.32 Å². The highest BCUT2D eigenvalue weighted by atomic mass is 19.4. The van der Waals surface area contributed by atoms with E-state index in [1.165, 1.54) is 0 Å². The molecular formula is C10H10F4N2. The minimum absolute atomic E-state index is 0.179. The summed E-state index contributed by atoms with van der Waals surface area (Å²) >= 11 is 0. The first-order valence-electron chi connectivity index (χ1n) is 4.69. The monoisotopic (exact) mass is 234 g/mol. The summed E-state index contributed by atoms with van der Waals surface area (Å²) in [4.78, 5) is 0. The quantitative estimate of drug-likeness (QED) is 0.724. The van der Waals surface area contributed by atoms with Crippen LogP contribution in [0.25, 0.3) is 0 Å². The molecule has 6 heteroatoms. The molecule has 0 spiro atoms. The van der Waals surface area contributed by atoms with Gasteiger partial charge in [0.2, 0.25) is 0 Å². The SMILES string of the molecule is NC1(c2cc(F)cc(C(F)(F)F)c2)CNC1. The third-order valence-corrected chi connectivity index (χ3v) is 2.68. The Balaban J connectivity index is 2.44. The van der Waals surface area contributed by atoms with Gasteiger partial charge in [-0.3, -0.25) is 0 Å². The van der Waals surface area contributed by atoms with Crippen LogP contribution in [-0.4, -0.2) is 13.1 Å². The summed E-state index contributed by atoms with van der Waals surface area (Å²) in [5.41, 5.74) is 4.10. The van der Waals surface area contributed by atoms with Crippen molar-refractivity contribution in [3.8, 4) is 0 Å². The van der Waals surface area contributed by atoms with Gasteiger partial charge in [-0.1, -0.05) is 0 Å². The zero-order valence-electron chi connectivity index (χ0n) is 8.24. The molecule has 1 heterocycles. The molecule has 0 aromatic heterocycles. The van der Waals surface area contributed by atoms with Gasteiger partial charge >= 0.3 is 6.18 Å². The first-order chi connectivity index (χ1) is 7.31. The highest BCUT2D eigenvalue weighted by Gasteiger charge is 2.38. The summed E-state index contributed by atoms with van der Waals surface area (Å²) < 4.78 is 50.4. The fourth-order valence-electron chi connectivity index (χ4n) is 1.64. The summed E-state index contributed by atoms with van der Waals surface area (Å²) in [7, 11) is 0. The Hall–Kier alpha value is -1.14. The third kappa shape index (κ3) is 1.90. The van der Waals surface area contributed by atoms with Crippen LogP contribution in [0.5, 0.6) is 0 Å². The van der Waals surface area contributed by atoms with E-state index >= 15 is 0 Å². The van der Waals surface area contributed by atoms with E-state index in [0.717, 1.165) is 12.1 Å². The molecule has 1 aliphatic heterocycles. The van der Waals surface area contributed by atoms with Crippen molar-refractivity contribution in [3.05, 3.63) is 35.1 Å². The molecule has 0 atom stereocenters. The van der Waals surface area contributed by atoms with E-state index in [0.29, 0.717) is 19.2 Å². The van der Waals surface area contributed by atoms with Crippen LogP contribution in [0.4, 0.5) is 17.6 Å². The Kier molecular flexibility index (Phi) is 2.43. The molecular weight excluding hydrogens is 224 g/mol. The summed E-state index contributed by atoms with van der Waals surface area (Å²) in [6.45, 7) is 0.710. The van der Waals surface area contributed by atoms with E-state index in [9.17, 15) is 17.6 Å². The molecule has 2 rings (SSSR count). The molecule has 3 N–H and O–H groups in total. The number of hydrogen-bond acceptors (Lipinski definition) is 2. The van der Waals surface area contributed by atoms with E-state index in [-0.39, 0.29) is 5.56 Å². The lowest BCUT2D eigenvalue weighted by molar-refractivity contribution is -0.137. The minimum Gasteiger partial charge on any atom is -0.319 e. The summed E-state index contributed by atoms with van der Waals surface area (Å²) in [5.74, 6) is -0.915. The number of alkyl halides is 3. The topological polar surface area (TPSA) is 38.0 Å². The van der Waals surface area contributed by atoms with Crippen LogP contribution < -0.4 is 11.1 Å². The van der Waals surface area contributed by atoms with Gasteiger partial charge in [-0.05, 0) is 23.8 Å². The maximum absolute atomic E-state index is 13.1. The number of halogens is 4. The molecule has 0 bridgehead atoms. The molecule has 16 heavy (non-hydrogen) atoms. The van der Waals surface area contributed by atoms with E-state index in [4.69, 9.17) is 5.73 Å². The van der Waals surface area contributed by atoms with Crippen LogP contribution in [0, 0.1) is 5.82 Å².